The molecule has 0 radical (unpaired) electrons. The zero-order valence-electron chi connectivity index (χ0n) is 10.8. The maximum Gasteiger partial charge on any atom is 0.335 e. The number of rotatable bonds is 4. The number of hydrogen-bond acceptors (Lipinski definition) is 5. The average molecular weight is 274 g/mol. The van der Waals surface area contributed by atoms with Crippen LogP contribution >= 0.6 is 0 Å². The van der Waals surface area contributed by atoms with Crippen molar-refractivity contribution in [2.75, 3.05) is 17.7 Å². The lowest BCUT2D eigenvalue weighted by Gasteiger charge is -2.19. The maximum absolute atomic E-state index is 11.4. The lowest BCUT2D eigenvalue weighted by molar-refractivity contribution is 0.0697. The molecule has 7 heteroatoms. The highest BCUT2D eigenvalue weighted by atomic mass is 16.4. The van der Waals surface area contributed by atoms with Crippen LogP contribution in [0.25, 0.3) is 0 Å². The van der Waals surface area contributed by atoms with Crippen LogP contribution in [0.2, 0.25) is 0 Å². The van der Waals surface area contributed by atoms with E-state index >= 15 is 0 Å². The fourth-order valence-corrected chi connectivity index (χ4v) is 1.81. The number of carbonyl (C=O) groups is 1. The molecule has 1 aromatic heterocycles. The molecule has 0 aliphatic rings. The summed E-state index contributed by atoms with van der Waals surface area (Å²) >= 11 is 0. The third kappa shape index (κ3) is 2.77. The first kappa shape index (κ1) is 13.6. The lowest BCUT2D eigenvalue weighted by Crippen LogP contribution is -2.23. The van der Waals surface area contributed by atoms with Crippen LogP contribution in [0.3, 0.4) is 0 Å². The van der Waals surface area contributed by atoms with Gasteiger partial charge in [-0.2, -0.15) is 0 Å². The van der Waals surface area contributed by atoms with E-state index < -0.39 is 5.97 Å². The van der Waals surface area contributed by atoms with E-state index in [-0.39, 0.29) is 16.8 Å². The largest absolute Gasteiger partial charge is 0.478 e. The van der Waals surface area contributed by atoms with Gasteiger partial charge >= 0.3 is 5.97 Å². The first-order valence-electron chi connectivity index (χ1n) is 5.85. The SMILES string of the molecule is CN(Cc1ccc(C(=O)O)cc1)c1nc[nH]c(=O)c1N. The summed E-state index contributed by atoms with van der Waals surface area (Å²) in [5.74, 6) is -0.582. The van der Waals surface area contributed by atoms with Gasteiger partial charge in [0.1, 0.15) is 5.69 Å². The average Bonchev–Trinajstić information content (AvgIpc) is 2.42. The summed E-state index contributed by atoms with van der Waals surface area (Å²) in [6, 6.07) is 6.48. The summed E-state index contributed by atoms with van der Waals surface area (Å²) in [5.41, 5.74) is 6.46. The van der Waals surface area contributed by atoms with Gasteiger partial charge in [0.25, 0.3) is 5.56 Å². The second kappa shape index (κ2) is 5.43. The zero-order chi connectivity index (χ0) is 14.7. The number of aromatic amines is 1. The summed E-state index contributed by atoms with van der Waals surface area (Å²) in [5, 5.41) is 8.83. The fourth-order valence-electron chi connectivity index (χ4n) is 1.81. The molecule has 2 rings (SSSR count). The molecule has 0 saturated carbocycles. The van der Waals surface area contributed by atoms with Crippen molar-refractivity contribution in [2.45, 2.75) is 6.54 Å². The number of H-pyrrole nitrogens is 1. The Labute approximate surface area is 114 Å². The van der Waals surface area contributed by atoms with Crippen molar-refractivity contribution in [1.82, 2.24) is 9.97 Å². The predicted octanol–water partition coefficient (Wildman–Crippen LogP) is 0.687. The van der Waals surface area contributed by atoms with E-state index in [1.54, 1.807) is 24.1 Å². The van der Waals surface area contributed by atoms with Crippen LogP contribution in [0, 0.1) is 0 Å². The summed E-state index contributed by atoms with van der Waals surface area (Å²) in [4.78, 5) is 30.3. The van der Waals surface area contributed by atoms with Crippen molar-refractivity contribution >= 4 is 17.5 Å². The molecule has 7 nitrogen and oxygen atoms in total. The second-order valence-corrected chi connectivity index (χ2v) is 4.33. The van der Waals surface area contributed by atoms with Gasteiger partial charge in [-0.3, -0.25) is 4.79 Å². The topological polar surface area (TPSA) is 112 Å². The van der Waals surface area contributed by atoms with Gasteiger partial charge in [0.15, 0.2) is 5.82 Å². The Morgan fingerprint density at radius 1 is 1.40 bits per heavy atom. The number of carboxylic acid groups (broad SMARTS) is 1. The minimum atomic E-state index is -0.967. The summed E-state index contributed by atoms with van der Waals surface area (Å²) in [6.07, 6.45) is 1.29. The standard InChI is InChI=1S/C13H14N4O3/c1-17(11-10(14)12(18)16-7-15-11)6-8-2-4-9(5-3-8)13(19)20/h2-5,7H,6,14H2,1H3,(H,19,20)(H,15,16,18). The maximum atomic E-state index is 11.4. The van der Waals surface area contributed by atoms with Crippen LogP contribution in [-0.4, -0.2) is 28.1 Å². The highest BCUT2D eigenvalue weighted by molar-refractivity contribution is 5.87. The molecule has 0 atom stereocenters. The van der Waals surface area contributed by atoms with Crippen LogP contribution in [0.4, 0.5) is 11.5 Å². The normalized spacial score (nSPS) is 10.2. The number of nitrogens with zero attached hydrogens (tertiary/aromatic N) is 2. The van der Waals surface area contributed by atoms with Crippen LogP contribution in [0.5, 0.6) is 0 Å². The molecule has 0 spiro atoms. The number of aromatic carboxylic acids is 1. The van der Waals surface area contributed by atoms with Gasteiger partial charge in [-0.05, 0) is 17.7 Å². The van der Waals surface area contributed by atoms with Crippen molar-refractivity contribution in [3.8, 4) is 0 Å². The van der Waals surface area contributed by atoms with E-state index in [9.17, 15) is 9.59 Å². The fraction of sp³-hybridized carbons (Fsp3) is 0.154. The van der Waals surface area contributed by atoms with Gasteiger partial charge in [0.2, 0.25) is 0 Å². The van der Waals surface area contributed by atoms with Gasteiger partial charge in [-0.1, -0.05) is 12.1 Å². The molecule has 0 bridgehead atoms. The van der Waals surface area contributed by atoms with Crippen LogP contribution in [-0.2, 0) is 6.54 Å². The van der Waals surface area contributed by atoms with Gasteiger partial charge in [-0.25, -0.2) is 9.78 Å². The number of hydrogen-bond donors (Lipinski definition) is 3. The van der Waals surface area contributed by atoms with Gasteiger partial charge in [0, 0.05) is 13.6 Å². The number of anilines is 2. The molecule has 0 amide bonds. The van der Waals surface area contributed by atoms with Crippen LogP contribution in [0.1, 0.15) is 15.9 Å². The molecule has 0 fully saturated rings. The predicted molar refractivity (Wildman–Crippen MR) is 74.8 cm³/mol. The van der Waals surface area contributed by atoms with Crippen molar-refractivity contribution in [1.29, 1.82) is 0 Å². The molecule has 2 aromatic rings. The van der Waals surface area contributed by atoms with E-state index in [4.69, 9.17) is 10.8 Å². The molecule has 104 valence electrons. The Morgan fingerprint density at radius 3 is 2.65 bits per heavy atom. The minimum absolute atomic E-state index is 0.0529. The van der Waals surface area contributed by atoms with Crippen molar-refractivity contribution in [3.05, 3.63) is 52.1 Å². The Balaban J connectivity index is 2.19. The minimum Gasteiger partial charge on any atom is -0.478 e. The molecular weight excluding hydrogens is 260 g/mol. The van der Waals surface area contributed by atoms with Crippen LogP contribution in [0.15, 0.2) is 35.4 Å². The van der Waals surface area contributed by atoms with Gasteiger partial charge in [0.05, 0.1) is 11.9 Å². The molecular formula is C13H14N4O3. The monoisotopic (exact) mass is 274 g/mol. The summed E-state index contributed by atoms with van der Waals surface area (Å²) in [7, 11) is 1.75. The quantitative estimate of drug-likeness (QED) is 0.756. The smallest absolute Gasteiger partial charge is 0.335 e. The highest BCUT2D eigenvalue weighted by Crippen LogP contribution is 2.16. The zero-order valence-corrected chi connectivity index (χ0v) is 10.8. The van der Waals surface area contributed by atoms with Crippen molar-refractivity contribution < 1.29 is 9.90 Å². The Kier molecular flexibility index (Phi) is 3.69. The summed E-state index contributed by atoms with van der Waals surface area (Å²) < 4.78 is 0. The van der Waals surface area contributed by atoms with E-state index in [0.29, 0.717) is 12.4 Å². The number of benzene rings is 1. The third-order valence-corrected chi connectivity index (χ3v) is 2.85. The second-order valence-electron chi connectivity index (χ2n) is 4.33. The Bertz CT molecular complexity index is 679. The van der Waals surface area contributed by atoms with E-state index in [1.807, 2.05) is 0 Å². The molecule has 0 aliphatic carbocycles. The highest BCUT2D eigenvalue weighted by Gasteiger charge is 2.10. The Hall–Kier alpha value is -2.83. The molecule has 0 aliphatic heterocycles. The van der Waals surface area contributed by atoms with Gasteiger partial charge < -0.3 is 20.7 Å². The lowest BCUT2D eigenvalue weighted by atomic mass is 10.1. The van der Waals surface area contributed by atoms with Crippen molar-refractivity contribution in [3.63, 3.8) is 0 Å². The molecule has 20 heavy (non-hydrogen) atoms. The molecule has 1 aromatic carbocycles. The van der Waals surface area contributed by atoms with E-state index in [1.165, 1.54) is 18.5 Å². The number of nitrogens with one attached hydrogen (secondary N) is 1. The van der Waals surface area contributed by atoms with Crippen molar-refractivity contribution in [2.24, 2.45) is 0 Å². The van der Waals surface area contributed by atoms with Gasteiger partial charge in [-0.15, -0.1) is 0 Å². The van der Waals surface area contributed by atoms with Crippen LogP contribution < -0.4 is 16.2 Å². The molecule has 0 saturated heterocycles. The first-order chi connectivity index (χ1) is 9.49. The third-order valence-electron chi connectivity index (χ3n) is 2.85. The number of nitrogen functional groups attached to an aromatic ring is 1. The number of carboxylic acids is 1. The molecule has 1 heterocycles. The Morgan fingerprint density at radius 2 is 2.05 bits per heavy atom. The van der Waals surface area contributed by atoms with E-state index in [0.717, 1.165) is 5.56 Å². The van der Waals surface area contributed by atoms with E-state index in [2.05, 4.69) is 9.97 Å². The number of aromatic nitrogens is 2. The number of nitrogens with two attached hydrogens (primary N) is 1. The first-order valence-corrected chi connectivity index (χ1v) is 5.85. The molecule has 0 unspecified atom stereocenters. The molecule has 4 N–H and O–H groups in total. The summed E-state index contributed by atoms with van der Waals surface area (Å²) in [6.45, 7) is 0.459.